The number of unbranched alkanes of at least 4 members (excludes halogenated alkanes) is 6. The van der Waals surface area contributed by atoms with Crippen molar-refractivity contribution in [3.05, 3.63) is 30.1 Å². The van der Waals surface area contributed by atoms with Crippen molar-refractivity contribution in [1.82, 2.24) is 9.55 Å². The molecule has 0 saturated carbocycles. The van der Waals surface area contributed by atoms with Gasteiger partial charge in [0.25, 0.3) is 0 Å². The molecule has 2 aromatic rings. The number of fused-ring (bicyclic) bond motifs is 1. The van der Waals surface area contributed by atoms with Gasteiger partial charge in [0, 0.05) is 19.6 Å². The monoisotopic (exact) mass is 302 g/mol. The molecule has 0 aliphatic rings. The number of aromatic nitrogens is 2. The van der Waals surface area contributed by atoms with Gasteiger partial charge in [0.1, 0.15) is 5.82 Å². The zero-order chi connectivity index (χ0) is 15.6. The Bertz CT molecular complexity index is 547. The van der Waals surface area contributed by atoms with Crippen molar-refractivity contribution in [3.8, 4) is 0 Å². The maximum Gasteiger partial charge on any atom is 0.109 e. The number of para-hydroxylation sites is 2. The maximum atomic E-state index is 9.07. The molecule has 3 nitrogen and oxygen atoms in total. The van der Waals surface area contributed by atoms with Crippen LogP contribution in [0.15, 0.2) is 24.3 Å². The summed E-state index contributed by atoms with van der Waals surface area (Å²) >= 11 is 0. The van der Waals surface area contributed by atoms with E-state index in [4.69, 9.17) is 10.1 Å². The molecule has 0 saturated heterocycles. The van der Waals surface area contributed by atoms with Crippen molar-refractivity contribution < 1.29 is 5.11 Å². The van der Waals surface area contributed by atoms with Crippen LogP contribution >= 0.6 is 0 Å². The standard InChI is InChI=1S/C19H30N2O/c1-2-3-4-5-6-7-10-15-21-18-13-9-8-12-17(18)20-19(21)14-11-16-22/h8-9,12-13,22H,2-7,10-11,14-16H2,1H3. The van der Waals surface area contributed by atoms with Gasteiger partial charge < -0.3 is 9.67 Å². The van der Waals surface area contributed by atoms with Gasteiger partial charge in [-0.2, -0.15) is 0 Å². The highest BCUT2D eigenvalue weighted by atomic mass is 16.2. The molecule has 0 radical (unpaired) electrons. The predicted octanol–water partition coefficient (Wildman–Crippen LogP) is 4.71. The van der Waals surface area contributed by atoms with Crippen LogP contribution in [0.2, 0.25) is 0 Å². The number of hydrogen-bond acceptors (Lipinski definition) is 2. The van der Waals surface area contributed by atoms with Gasteiger partial charge >= 0.3 is 0 Å². The first-order valence-electron chi connectivity index (χ1n) is 8.91. The van der Waals surface area contributed by atoms with Crippen LogP contribution in [0.3, 0.4) is 0 Å². The van der Waals surface area contributed by atoms with Crippen LogP contribution in [0.25, 0.3) is 11.0 Å². The third kappa shape index (κ3) is 4.84. The molecule has 0 amide bonds. The second-order valence-electron chi connectivity index (χ2n) is 6.12. The summed E-state index contributed by atoms with van der Waals surface area (Å²) in [6.07, 6.45) is 11.0. The number of benzene rings is 1. The number of nitrogens with zero attached hydrogens (tertiary/aromatic N) is 2. The van der Waals surface area contributed by atoms with E-state index in [0.29, 0.717) is 0 Å². The van der Waals surface area contributed by atoms with Crippen LogP contribution in [-0.4, -0.2) is 21.3 Å². The van der Waals surface area contributed by atoms with E-state index in [1.54, 1.807) is 0 Å². The molecule has 1 aromatic carbocycles. The van der Waals surface area contributed by atoms with Crippen LogP contribution in [0.1, 0.15) is 64.1 Å². The first-order valence-corrected chi connectivity index (χ1v) is 8.91. The highest BCUT2D eigenvalue weighted by Gasteiger charge is 2.09. The van der Waals surface area contributed by atoms with Crippen LogP contribution in [0, 0.1) is 0 Å². The van der Waals surface area contributed by atoms with E-state index in [9.17, 15) is 0 Å². The fourth-order valence-corrected chi connectivity index (χ4v) is 3.03. The maximum absolute atomic E-state index is 9.07. The average Bonchev–Trinajstić information content (AvgIpc) is 2.90. The molecule has 122 valence electrons. The predicted molar refractivity (Wildman–Crippen MR) is 93.1 cm³/mol. The van der Waals surface area contributed by atoms with E-state index >= 15 is 0 Å². The molecule has 0 aliphatic carbocycles. The van der Waals surface area contributed by atoms with Gasteiger partial charge in [0.15, 0.2) is 0 Å². The fraction of sp³-hybridized carbons (Fsp3) is 0.632. The summed E-state index contributed by atoms with van der Waals surface area (Å²) in [6.45, 7) is 3.55. The van der Waals surface area contributed by atoms with E-state index in [1.165, 1.54) is 50.5 Å². The zero-order valence-electron chi connectivity index (χ0n) is 13.9. The zero-order valence-corrected chi connectivity index (χ0v) is 13.9. The quantitative estimate of drug-likeness (QED) is 0.610. The van der Waals surface area contributed by atoms with Crippen LogP contribution in [-0.2, 0) is 13.0 Å². The smallest absolute Gasteiger partial charge is 0.109 e. The van der Waals surface area contributed by atoms with Gasteiger partial charge in [-0.05, 0) is 25.0 Å². The van der Waals surface area contributed by atoms with Gasteiger partial charge in [-0.1, -0.05) is 57.6 Å². The molecular weight excluding hydrogens is 272 g/mol. The van der Waals surface area contributed by atoms with E-state index in [0.717, 1.165) is 30.7 Å². The summed E-state index contributed by atoms with van der Waals surface area (Å²) in [5, 5.41) is 9.07. The normalized spacial score (nSPS) is 11.4. The van der Waals surface area contributed by atoms with Crippen molar-refractivity contribution in [2.45, 2.75) is 71.3 Å². The molecule has 1 aromatic heterocycles. The molecule has 3 heteroatoms. The second kappa shape index (κ2) is 9.62. The molecule has 0 bridgehead atoms. The first kappa shape index (κ1) is 17.0. The lowest BCUT2D eigenvalue weighted by molar-refractivity contribution is 0.287. The van der Waals surface area contributed by atoms with Crippen LogP contribution in [0.5, 0.6) is 0 Å². The van der Waals surface area contributed by atoms with Gasteiger partial charge in [-0.15, -0.1) is 0 Å². The topological polar surface area (TPSA) is 38.0 Å². The average molecular weight is 302 g/mol. The summed E-state index contributed by atoms with van der Waals surface area (Å²) in [4.78, 5) is 4.74. The molecule has 1 N–H and O–H groups in total. The molecule has 0 spiro atoms. The van der Waals surface area contributed by atoms with E-state index in [-0.39, 0.29) is 6.61 Å². The second-order valence-corrected chi connectivity index (χ2v) is 6.12. The van der Waals surface area contributed by atoms with Crippen molar-refractivity contribution >= 4 is 11.0 Å². The third-order valence-electron chi connectivity index (χ3n) is 4.28. The van der Waals surface area contributed by atoms with Crippen molar-refractivity contribution in [2.24, 2.45) is 0 Å². The molecule has 0 fully saturated rings. The highest BCUT2D eigenvalue weighted by molar-refractivity contribution is 5.75. The van der Waals surface area contributed by atoms with E-state index in [2.05, 4.69) is 29.7 Å². The SMILES string of the molecule is CCCCCCCCCn1c(CCCO)nc2ccccc21. The summed E-state index contributed by atoms with van der Waals surface area (Å²) < 4.78 is 2.36. The van der Waals surface area contributed by atoms with Gasteiger partial charge in [0.2, 0.25) is 0 Å². The van der Waals surface area contributed by atoms with Crippen LogP contribution in [0.4, 0.5) is 0 Å². The van der Waals surface area contributed by atoms with E-state index < -0.39 is 0 Å². The number of hydrogen-bond donors (Lipinski definition) is 1. The summed E-state index contributed by atoms with van der Waals surface area (Å²) in [5.74, 6) is 1.13. The fourth-order valence-electron chi connectivity index (χ4n) is 3.03. The lowest BCUT2D eigenvalue weighted by atomic mass is 10.1. The largest absolute Gasteiger partial charge is 0.396 e. The molecule has 2 rings (SSSR count). The van der Waals surface area contributed by atoms with Crippen molar-refractivity contribution in [1.29, 1.82) is 0 Å². The van der Waals surface area contributed by atoms with Gasteiger partial charge in [-0.25, -0.2) is 4.98 Å². The van der Waals surface area contributed by atoms with Crippen LogP contribution < -0.4 is 0 Å². The Hall–Kier alpha value is -1.35. The molecule has 0 aliphatic heterocycles. The Morgan fingerprint density at radius 1 is 0.955 bits per heavy atom. The number of aliphatic hydroxyl groups excluding tert-OH is 1. The van der Waals surface area contributed by atoms with E-state index in [1.807, 2.05) is 6.07 Å². The molecular formula is C19H30N2O. The highest BCUT2D eigenvalue weighted by Crippen LogP contribution is 2.18. The summed E-state index contributed by atoms with van der Waals surface area (Å²) in [7, 11) is 0. The minimum atomic E-state index is 0.237. The molecule has 0 atom stereocenters. The van der Waals surface area contributed by atoms with Gasteiger partial charge in [-0.3, -0.25) is 0 Å². The lowest BCUT2D eigenvalue weighted by Crippen LogP contribution is -2.05. The minimum absolute atomic E-state index is 0.237. The Labute approximate surface area is 134 Å². The number of rotatable bonds is 11. The number of aliphatic hydroxyl groups is 1. The minimum Gasteiger partial charge on any atom is -0.396 e. The number of imidazole rings is 1. The summed E-state index contributed by atoms with van der Waals surface area (Å²) in [6, 6.07) is 8.37. The first-order chi connectivity index (χ1) is 10.9. The Kier molecular flexibility index (Phi) is 7.44. The number of aryl methyl sites for hydroxylation is 2. The Morgan fingerprint density at radius 2 is 1.68 bits per heavy atom. The third-order valence-corrected chi connectivity index (χ3v) is 4.28. The molecule has 22 heavy (non-hydrogen) atoms. The Balaban J connectivity index is 1.90. The van der Waals surface area contributed by atoms with Crippen molar-refractivity contribution in [2.75, 3.05) is 6.61 Å². The lowest BCUT2D eigenvalue weighted by Gasteiger charge is -2.09. The molecule has 0 unspecified atom stereocenters. The Morgan fingerprint density at radius 3 is 2.45 bits per heavy atom. The molecule has 1 heterocycles. The van der Waals surface area contributed by atoms with Gasteiger partial charge in [0.05, 0.1) is 11.0 Å². The van der Waals surface area contributed by atoms with Crippen molar-refractivity contribution in [3.63, 3.8) is 0 Å². The summed E-state index contributed by atoms with van der Waals surface area (Å²) in [5.41, 5.74) is 2.32.